The van der Waals surface area contributed by atoms with Crippen LogP contribution in [0.1, 0.15) is 18.4 Å². The number of anilines is 1. The summed E-state index contributed by atoms with van der Waals surface area (Å²) < 4.78 is 13.6. The minimum absolute atomic E-state index is 0.107. The van der Waals surface area contributed by atoms with Crippen LogP contribution in [0.2, 0.25) is 0 Å². The van der Waals surface area contributed by atoms with Crippen molar-refractivity contribution in [3.63, 3.8) is 0 Å². The second-order valence-electron chi connectivity index (χ2n) is 4.06. The van der Waals surface area contributed by atoms with E-state index in [1.807, 2.05) is 17.8 Å². The minimum Gasteiger partial charge on any atom is -0.389 e. The predicted octanol–water partition coefficient (Wildman–Crippen LogP) is 2.77. The summed E-state index contributed by atoms with van der Waals surface area (Å²) in [5.74, 6) is 1.94. The van der Waals surface area contributed by atoms with E-state index in [-0.39, 0.29) is 10.8 Å². The molecule has 5 heteroatoms. The molecule has 2 rings (SSSR count). The van der Waals surface area contributed by atoms with Gasteiger partial charge in [0, 0.05) is 11.7 Å². The first-order valence-electron chi connectivity index (χ1n) is 5.61. The van der Waals surface area contributed by atoms with Gasteiger partial charge in [-0.25, -0.2) is 4.39 Å². The Bertz CT molecular complexity index is 417. The summed E-state index contributed by atoms with van der Waals surface area (Å²) in [6.07, 6.45) is 2.19. The second-order valence-corrected chi connectivity index (χ2v) is 5.72. The van der Waals surface area contributed by atoms with E-state index in [1.54, 1.807) is 6.07 Å². The fourth-order valence-corrected chi connectivity index (χ4v) is 3.27. The summed E-state index contributed by atoms with van der Waals surface area (Å²) in [4.78, 5) is 0.107. The molecule has 0 aromatic heterocycles. The van der Waals surface area contributed by atoms with Gasteiger partial charge in [0.05, 0.1) is 5.56 Å². The fraction of sp³-hybridized carbons (Fsp3) is 0.417. The maximum Gasteiger partial charge on any atom is 0.135 e. The van der Waals surface area contributed by atoms with Crippen LogP contribution in [-0.4, -0.2) is 22.5 Å². The monoisotopic (exact) mass is 270 g/mol. The van der Waals surface area contributed by atoms with Crippen LogP contribution in [-0.2, 0) is 0 Å². The first kappa shape index (κ1) is 12.6. The highest BCUT2D eigenvalue weighted by atomic mass is 32.2. The third-order valence-electron chi connectivity index (χ3n) is 2.84. The lowest BCUT2D eigenvalue weighted by Gasteiger charge is -2.24. The molecule has 0 atom stereocenters. The average Bonchev–Trinajstić information content (AvgIpc) is 2.30. The Morgan fingerprint density at radius 1 is 1.41 bits per heavy atom. The van der Waals surface area contributed by atoms with Crippen LogP contribution < -0.4 is 11.1 Å². The zero-order chi connectivity index (χ0) is 12.3. The van der Waals surface area contributed by atoms with Crippen molar-refractivity contribution in [1.29, 1.82) is 0 Å². The van der Waals surface area contributed by atoms with Gasteiger partial charge < -0.3 is 11.1 Å². The fourth-order valence-electron chi connectivity index (χ4n) is 1.96. The molecule has 92 valence electrons. The Morgan fingerprint density at radius 2 is 2.12 bits per heavy atom. The predicted molar refractivity (Wildman–Crippen MR) is 76.3 cm³/mol. The molecule has 0 amide bonds. The molecular formula is C12H15FN2S2. The zero-order valence-corrected chi connectivity index (χ0v) is 11.0. The topological polar surface area (TPSA) is 38.0 Å². The molecule has 0 radical (unpaired) electrons. The molecule has 17 heavy (non-hydrogen) atoms. The first-order valence-corrected chi connectivity index (χ1v) is 7.17. The molecule has 0 unspecified atom stereocenters. The maximum atomic E-state index is 13.6. The Labute approximate surface area is 110 Å². The highest BCUT2D eigenvalue weighted by Crippen LogP contribution is 2.24. The van der Waals surface area contributed by atoms with Crippen molar-refractivity contribution >= 4 is 34.7 Å². The van der Waals surface area contributed by atoms with E-state index < -0.39 is 0 Å². The molecule has 0 saturated carbocycles. The number of nitrogens with one attached hydrogen (secondary N) is 1. The molecule has 1 fully saturated rings. The van der Waals surface area contributed by atoms with E-state index in [0.717, 1.165) is 30.0 Å². The smallest absolute Gasteiger partial charge is 0.135 e. The standard InChI is InChI=1S/C12H15FN2S2/c13-9-2-1-3-10(11(9)12(14)16)15-8-4-6-17-7-5-8/h1-3,8,15H,4-7H2,(H2,14,16). The molecule has 0 aliphatic carbocycles. The molecule has 1 heterocycles. The van der Waals surface area contributed by atoms with E-state index in [1.165, 1.54) is 6.07 Å². The van der Waals surface area contributed by atoms with Crippen molar-refractivity contribution in [2.75, 3.05) is 16.8 Å². The molecular weight excluding hydrogens is 255 g/mol. The molecule has 1 aromatic carbocycles. The summed E-state index contributed by atoms with van der Waals surface area (Å²) in [5.41, 5.74) is 6.62. The first-order chi connectivity index (χ1) is 8.18. The van der Waals surface area contributed by atoms with Gasteiger partial charge in [-0.3, -0.25) is 0 Å². The molecule has 1 aliphatic rings. The molecule has 1 aromatic rings. The number of hydrogen-bond acceptors (Lipinski definition) is 3. The number of rotatable bonds is 3. The lowest BCUT2D eigenvalue weighted by atomic mass is 10.1. The van der Waals surface area contributed by atoms with Crippen LogP contribution in [0.5, 0.6) is 0 Å². The lowest BCUT2D eigenvalue weighted by molar-refractivity contribution is 0.623. The number of hydrogen-bond donors (Lipinski definition) is 2. The molecule has 1 aliphatic heterocycles. The van der Waals surface area contributed by atoms with E-state index >= 15 is 0 Å². The Hall–Kier alpha value is -0.810. The summed E-state index contributed by atoms with van der Waals surface area (Å²) >= 11 is 6.86. The zero-order valence-electron chi connectivity index (χ0n) is 9.41. The van der Waals surface area contributed by atoms with Crippen molar-refractivity contribution in [3.05, 3.63) is 29.6 Å². The molecule has 0 bridgehead atoms. The lowest BCUT2D eigenvalue weighted by Crippen LogP contribution is -2.26. The van der Waals surface area contributed by atoms with E-state index in [0.29, 0.717) is 11.6 Å². The van der Waals surface area contributed by atoms with Crippen LogP contribution in [0.15, 0.2) is 18.2 Å². The average molecular weight is 270 g/mol. The van der Waals surface area contributed by atoms with Gasteiger partial charge >= 0.3 is 0 Å². The van der Waals surface area contributed by atoms with Crippen molar-refractivity contribution in [1.82, 2.24) is 0 Å². The van der Waals surface area contributed by atoms with E-state index in [9.17, 15) is 4.39 Å². The van der Waals surface area contributed by atoms with E-state index in [4.69, 9.17) is 18.0 Å². The van der Waals surface area contributed by atoms with Crippen LogP contribution in [0.3, 0.4) is 0 Å². The van der Waals surface area contributed by atoms with Gasteiger partial charge in [0.15, 0.2) is 0 Å². The Kier molecular flexibility index (Phi) is 4.23. The van der Waals surface area contributed by atoms with Crippen molar-refractivity contribution in [2.24, 2.45) is 5.73 Å². The van der Waals surface area contributed by atoms with Crippen LogP contribution in [0, 0.1) is 5.82 Å². The molecule has 1 saturated heterocycles. The van der Waals surface area contributed by atoms with Gasteiger partial charge in [0.25, 0.3) is 0 Å². The van der Waals surface area contributed by atoms with Gasteiger partial charge in [0.1, 0.15) is 10.8 Å². The SMILES string of the molecule is NC(=S)c1c(F)cccc1NC1CCSCC1. The summed E-state index contributed by atoms with van der Waals surface area (Å²) in [6.45, 7) is 0. The quantitative estimate of drug-likeness (QED) is 0.828. The number of thioether (sulfide) groups is 1. The molecule has 2 nitrogen and oxygen atoms in total. The molecule has 3 N–H and O–H groups in total. The Balaban J connectivity index is 2.19. The number of nitrogens with two attached hydrogens (primary N) is 1. The van der Waals surface area contributed by atoms with Crippen molar-refractivity contribution in [2.45, 2.75) is 18.9 Å². The number of thiocarbonyl (C=S) groups is 1. The van der Waals surface area contributed by atoms with Crippen molar-refractivity contribution in [3.8, 4) is 0 Å². The largest absolute Gasteiger partial charge is 0.389 e. The van der Waals surface area contributed by atoms with Crippen molar-refractivity contribution < 1.29 is 4.39 Å². The highest BCUT2D eigenvalue weighted by molar-refractivity contribution is 7.99. The number of halogens is 1. The van der Waals surface area contributed by atoms with Gasteiger partial charge in [-0.05, 0) is 36.5 Å². The van der Waals surface area contributed by atoms with E-state index in [2.05, 4.69) is 5.32 Å². The van der Waals surface area contributed by atoms with Crippen LogP contribution >= 0.6 is 24.0 Å². The highest BCUT2D eigenvalue weighted by Gasteiger charge is 2.17. The summed E-state index contributed by atoms with van der Waals surface area (Å²) in [5, 5.41) is 3.35. The van der Waals surface area contributed by atoms with Gasteiger partial charge in [-0.15, -0.1) is 0 Å². The van der Waals surface area contributed by atoms with Crippen LogP contribution in [0.4, 0.5) is 10.1 Å². The summed E-state index contributed by atoms with van der Waals surface area (Å²) in [6, 6.07) is 5.29. The third kappa shape index (κ3) is 3.10. The van der Waals surface area contributed by atoms with Gasteiger partial charge in [-0.1, -0.05) is 18.3 Å². The van der Waals surface area contributed by atoms with Gasteiger partial charge in [-0.2, -0.15) is 11.8 Å². The summed E-state index contributed by atoms with van der Waals surface area (Å²) in [7, 11) is 0. The van der Waals surface area contributed by atoms with Gasteiger partial charge in [0.2, 0.25) is 0 Å². The Morgan fingerprint density at radius 3 is 2.76 bits per heavy atom. The normalized spacial score (nSPS) is 16.8. The second kappa shape index (κ2) is 5.69. The maximum absolute atomic E-state index is 13.6. The third-order valence-corrected chi connectivity index (χ3v) is 4.09. The molecule has 0 spiro atoms. The minimum atomic E-state index is -0.354. The van der Waals surface area contributed by atoms with Crippen LogP contribution in [0.25, 0.3) is 0 Å². The number of benzene rings is 1.